The topological polar surface area (TPSA) is 90.2 Å². The molecule has 0 bridgehead atoms. The number of nitrogens with zero attached hydrogens (tertiary/aromatic N) is 1. The minimum absolute atomic E-state index is 0.229. The minimum atomic E-state index is -1.08. The van der Waals surface area contributed by atoms with E-state index in [4.69, 9.17) is 5.26 Å². The number of nitriles is 1. The fourth-order valence-corrected chi connectivity index (χ4v) is 3.58. The summed E-state index contributed by atoms with van der Waals surface area (Å²) in [4.78, 5) is 23.6. The molecule has 0 spiro atoms. The molecule has 1 aromatic carbocycles. The van der Waals surface area contributed by atoms with Crippen LogP contribution in [0.4, 0.5) is 0 Å². The summed E-state index contributed by atoms with van der Waals surface area (Å²) in [5.74, 6) is -0.274. The smallest absolute Gasteiger partial charge is 0.329 e. The molecule has 23 heavy (non-hydrogen) atoms. The number of carbonyl (C=O) groups excluding carboxylic acids is 1. The SMILES string of the molecule is N#Cc1ccc(CSCC(=O)NC2(C(=O)O)CCCCC2)cc1. The Hall–Kier alpha value is -2.00. The summed E-state index contributed by atoms with van der Waals surface area (Å²) in [6.07, 6.45) is 3.72. The van der Waals surface area contributed by atoms with Gasteiger partial charge in [-0.2, -0.15) is 5.26 Å². The van der Waals surface area contributed by atoms with Crippen LogP contribution in [0.3, 0.4) is 0 Å². The third-order valence-electron chi connectivity index (χ3n) is 4.08. The molecule has 0 saturated heterocycles. The molecule has 2 N–H and O–H groups in total. The Morgan fingerprint density at radius 1 is 1.22 bits per heavy atom. The van der Waals surface area contributed by atoms with Crippen LogP contribution in [0.1, 0.15) is 43.2 Å². The molecular weight excluding hydrogens is 312 g/mol. The molecule has 0 radical (unpaired) electrons. The third-order valence-corrected chi connectivity index (χ3v) is 5.08. The van der Waals surface area contributed by atoms with Gasteiger partial charge in [-0.1, -0.05) is 31.4 Å². The molecule has 0 aliphatic heterocycles. The predicted molar refractivity (Wildman–Crippen MR) is 88.9 cm³/mol. The van der Waals surface area contributed by atoms with E-state index < -0.39 is 11.5 Å². The number of carboxylic acid groups (broad SMARTS) is 1. The second-order valence-corrected chi connectivity index (χ2v) is 6.78. The molecule has 5 nitrogen and oxygen atoms in total. The Morgan fingerprint density at radius 2 is 1.87 bits per heavy atom. The quantitative estimate of drug-likeness (QED) is 0.836. The zero-order valence-corrected chi connectivity index (χ0v) is 13.7. The Labute approximate surface area is 140 Å². The fourth-order valence-electron chi connectivity index (χ4n) is 2.79. The first-order valence-electron chi connectivity index (χ1n) is 7.67. The molecule has 122 valence electrons. The zero-order chi connectivity index (χ0) is 16.7. The Morgan fingerprint density at radius 3 is 2.43 bits per heavy atom. The number of nitrogens with one attached hydrogen (secondary N) is 1. The lowest BCUT2D eigenvalue weighted by Crippen LogP contribution is -2.56. The molecule has 1 aliphatic rings. The van der Waals surface area contributed by atoms with E-state index in [0.29, 0.717) is 24.2 Å². The number of hydrogen-bond donors (Lipinski definition) is 2. The molecule has 0 atom stereocenters. The van der Waals surface area contributed by atoms with E-state index in [2.05, 4.69) is 11.4 Å². The van der Waals surface area contributed by atoms with Crippen LogP contribution < -0.4 is 5.32 Å². The summed E-state index contributed by atoms with van der Waals surface area (Å²) >= 11 is 1.44. The van der Waals surface area contributed by atoms with E-state index in [1.54, 1.807) is 12.1 Å². The summed E-state index contributed by atoms with van der Waals surface area (Å²) in [5.41, 5.74) is 0.564. The van der Waals surface area contributed by atoms with Crippen LogP contribution in [0, 0.1) is 11.3 Å². The van der Waals surface area contributed by atoms with Crippen molar-refractivity contribution in [3.63, 3.8) is 0 Å². The van der Waals surface area contributed by atoms with E-state index in [1.807, 2.05) is 12.1 Å². The van der Waals surface area contributed by atoms with Crippen LogP contribution in [0.2, 0.25) is 0 Å². The van der Waals surface area contributed by atoms with Gasteiger partial charge in [0.1, 0.15) is 5.54 Å². The van der Waals surface area contributed by atoms with Crippen LogP contribution in [0.15, 0.2) is 24.3 Å². The van der Waals surface area contributed by atoms with Crippen molar-refractivity contribution in [2.75, 3.05) is 5.75 Å². The summed E-state index contributed by atoms with van der Waals surface area (Å²) in [6, 6.07) is 9.29. The summed E-state index contributed by atoms with van der Waals surface area (Å²) in [6.45, 7) is 0. The van der Waals surface area contributed by atoms with Crippen molar-refractivity contribution < 1.29 is 14.7 Å². The highest BCUT2D eigenvalue weighted by Gasteiger charge is 2.40. The molecule has 0 unspecified atom stereocenters. The number of carboxylic acids is 1. The van der Waals surface area contributed by atoms with Gasteiger partial charge >= 0.3 is 5.97 Å². The molecule has 1 aliphatic carbocycles. The zero-order valence-electron chi connectivity index (χ0n) is 12.9. The second-order valence-electron chi connectivity index (χ2n) is 5.80. The van der Waals surface area contributed by atoms with Crippen LogP contribution >= 0.6 is 11.8 Å². The Balaban J connectivity index is 1.82. The number of aliphatic carboxylic acids is 1. The normalized spacial score (nSPS) is 16.3. The molecule has 2 rings (SSSR count). The number of rotatable bonds is 6. The average Bonchev–Trinajstić information content (AvgIpc) is 2.56. The molecule has 1 saturated carbocycles. The second kappa shape index (κ2) is 8.02. The van der Waals surface area contributed by atoms with Crippen molar-refractivity contribution in [2.24, 2.45) is 0 Å². The highest BCUT2D eigenvalue weighted by Crippen LogP contribution is 2.28. The summed E-state index contributed by atoms with van der Waals surface area (Å²) in [7, 11) is 0. The lowest BCUT2D eigenvalue weighted by Gasteiger charge is -2.33. The van der Waals surface area contributed by atoms with Crippen molar-refractivity contribution in [1.82, 2.24) is 5.32 Å². The predicted octanol–water partition coefficient (Wildman–Crippen LogP) is 2.70. The maximum atomic E-state index is 12.1. The molecule has 1 fully saturated rings. The van der Waals surface area contributed by atoms with Gasteiger partial charge in [0.2, 0.25) is 5.91 Å². The van der Waals surface area contributed by atoms with Crippen molar-refractivity contribution in [2.45, 2.75) is 43.4 Å². The summed E-state index contributed by atoms with van der Waals surface area (Å²) < 4.78 is 0. The van der Waals surface area contributed by atoms with E-state index in [0.717, 1.165) is 24.8 Å². The van der Waals surface area contributed by atoms with Crippen LogP contribution in [-0.4, -0.2) is 28.3 Å². The van der Waals surface area contributed by atoms with Crippen LogP contribution in [0.5, 0.6) is 0 Å². The largest absolute Gasteiger partial charge is 0.480 e. The lowest BCUT2D eigenvalue weighted by molar-refractivity contribution is -0.148. The Kier molecular flexibility index (Phi) is 6.05. The fraction of sp³-hybridized carbons (Fsp3) is 0.471. The number of thioether (sulfide) groups is 1. The molecule has 1 aromatic rings. The van der Waals surface area contributed by atoms with Gasteiger partial charge in [-0.05, 0) is 30.5 Å². The minimum Gasteiger partial charge on any atom is -0.480 e. The van der Waals surface area contributed by atoms with Gasteiger partial charge < -0.3 is 10.4 Å². The van der Waals surface area contributed by atoms with Gasteiger partial charge in [-0.25, -0.2) is 4.79 Å². The number of benzene rings is 1. The van der Waals surface area contributed by atoms with Gasteiger partial charge in [-0.15, -0.1) is 11.8 Å². The first-order chi connectivity index (χ1) is 11.1. The maximum Gasteiger partial charge on any atom is 0.329 e. The van der Waals surface area contributed by atoms with Gasteiger partial charge in [0.15, 0.2) is 0 Å². The Bertz CT molecular complexity index is 601. The number of hydrogen-bond acceptors (Lipinski definition) is 4. The van der Waals surface area contributed by atoms with Crippen molar-refractivity contribution in [3.05, 3.63) is 35.4 Å². The average molecular weight is 332 g/mol. The van der Waals surface area contributed by atoms with E-state index in [9.17, 15) is 14.7 Å². The molecule has 0 heterocycles. The monoisotopic (exact) mass is 332 g/mol. The van der Waals surface area contributed by atoms with Gasteiger partial charge in [-0.3, -0.25) is 4.79 Å². The highest BCUT2D eigenvalue weighted by molar-refractivity contribution is 7.99. The van der Waals surface area contributed by atoms with E-state index in [1.165, 1.54) is 11.8 Å². The van der Waals surface area contributed by atoms with Crippen molar-refractivity contribution in [3.8, 4) is 6.07 Å². The maximum absolute atomic E-state index is 12.1. The van der Waals surface area contributed by atoms with Crippen LogP contribution in [0.25, 0.3) is 0 Å². The van der Waals surface area contributed by atoms with Crippen LogP contribution in [-0.2, 0) is 15.3 Å². The third kappa shape index (κ3) is 4.73. The highest BCUT2D eigenvalue weighted by atomic mass is 32.2. The lowest BCUT2D eigenvalue weighted by atomic mass is 9.81. The first kappa shape index (κ1) is 17.4. The molecule has 6 heteroatoms. The summed E-state index contributed by atoms with van der Waals surface area (Å²) in [5, 5.41) is 20.9. The first-order valence-corrected chi connectivity index (χ1v) is 8.82. The standard InChI is InChI=1S/C17H20N2O3S/c18-10-13-4-6-14(7-5-13)11-23-12-15(20)19-17(16(21)22)8-2-1-3-9-17/h4-7H,1-3,8-9,11-12H2,(H,19,20)(H,21,22). The number of amides is 1. The van der Waals surface area contributed by atoms with Gasteiger partial charge in [0.05, 0.1) is 17.4 Å². The van der Waals surface area contributed by atoms with Crippen molar-refractivity contribution >= 4 is 23.6 Å². The van der Waals surface area contributed by atoms with E-state index in [-0.39, 0.29) is 11.7 Å². The molecule has 1 amide bonds. The van der Waals surface area contributed by atoms with E-state index >= 15 is 0 Å². The van der Waals surface area contributed by atoms with Crippen molar-refractivity contribution in [1.29, 1.82) is 5.26 Å². The molecule has 0 aromatic heterocycles. The van der Waals surface area contributed by atoms with Gasteiger partial charge in [0, 0.05) is 5.75 Å². The molecular formula is C17H20N2O3S. The number of carbonyl (C=O) groups is 2. The van der Waals surface area contributed by atoms with Gasteiger partial charge in [0.25, 0.3) is 0 Å².